The van der Waals surface area contributed by atoms with Gasteiger partial charge in [-0.15, -0.1) is 0 Å². The molecule has 0 saturated heterocycles. The van der Waals surface area contributed by atoms with Crippen LogP contribution < -0.4 is 15.8 Å². The Labute approximate surface area is 132 Å². The van der Waals surface area contributed by atoms with Crippen molar-refractivity contribution in [3.05, 3.63) is 12.1 Å². The fraction of sp³-hybridized carbons (Fsp3) is 0.688. The number of hydrogen-bond donors (Lipinski definition) is 2. The van der Waals surface area contributed by atoms with Gasteiger partial charge in [-0.25, -0.2) is 0 Å². The van der Waals surface area contributed by atoms with E-state index in [0.29, 0.717) is 17.6 Å². The summed E-state index contributed by atoms with van der Waals surface area (Å²) in [6.45, 7) is 5.99. The van der Waals surface area contributed by atoms with Gasteiger partial charge in [-0.1, -0.05) is 0 Å². The zero-order chi connectivity index (χ0) is 15.5. The molecule has 0 unspecified atom stereocenters. The normalized spacial score (nSPS) is 22.9. The van der Waals surface area contributed by atoms with Gasteiger partial charge in [0.25, 0.3) is 0 Å². The van der Waals surface area contributed by atoms with E-state index in [2.05, 4.69) is 16.6 Å². The van der Waals surface area contributed by atoms with Crippen LogP contribution in [0.15, 0.2) is 12.1 Å². The third kappa shape index (κ3) is 4.99. The maximum Gasteiger partial charge on any atom is 0.239 e. The standard InChI is InChI=1S/C16H27N3OS/c1-16(2,3)20-15-13(17)9-10-14(19-15)18-11-5-7-12(21-4)8-6-11/h9-12H,5-8,17H2,1-4H3,(H,18,19). The third-order valence-corrected chi connectivity index (χ3v) is 4.79. The van der Waals surface area contributed by atoms with Crippen LogP contribution in [0.4, 0.5) is 11.5 Å². The van der Waals surface area contributed by atoms with Gasteiger partial charge in [0.1, 0.15) is 11.4 Å². The van der Waals surface area contributed by atoms with Gasteiger partial charge in [-0.05, 0) is 64.8 Å². The molecule has 0 radical (unpaired) electrons. The van der Waals surface area contributed by atoms with Crippen LogP contribution in [-0.4, -0.2) is 28.1 Å². The molecule has 1 aliphatic rings. The van der Waals surface area contributed by atoms with Crippen LogP contribution in [0.2, 0.25) is 0 Å². The van der Waals surface area contributed by atoms with E-state index in [-0.39, 0.29) is 5.60 Å². The van der Waals surface area contributed by atoms with E-state index in [1.54, 1.807) is 0 Å². The van der Waals surface area contributed by atoms with Crippen LogP contribution in [0.5, 0.6) is 5.88 Å². The van der Waals surface area contributed by atoms with Crippen molar-refractivity contribution in [3.8, 4) is 5.88 Å². The molecule has 4 nitrogen and oxygen atoms in total. The molecule has 0 amide bonds. The number of anilines is 2. The van der Waals surface area contributed by atoms with Gasteiger partial charge < -0.3 is 15.8 Å². The Hall–Kier alpha value is -1.10. The van der Waals surface area contributed by atoms with Crippen molar-refractivity contribution in [3.63, 3.8) is 0 Å². The van der Waals surface area contributed by atoms with Gasteiger partial charge in [0.2, 0.25) is 5.88 Å². The number of thioether (sulfide) groups is 1. The lowest BCUT2D eigenvalue weighted by molar-refractivity contribution is 0.125. The molecule has 118 valence electrons. The quantitative estimate of drug-likeness (QED) is 0.882. The molecule has 21 heavy (non-hydrogen) atoms. The lowest BCUT2D eigenvalue weighted by Gasteiger charge is -2.28. The molecule has 3 N–H and O–H groups in total. The Kier molecular flexibility index (Phi) is 5.25. The fourth-order valence-electron chi connectivity index (χ4n) is 2.56. The summed E-state index contributed by atoms with van der Waals surface area (Å²) in [5.41, 5.74) is 6.24. The lowest BCUT2D eigenvalue weighted by Crippen LogP contribution is -2.28. The molecule has 1 aromatic heterocycles. The molecule has 1 aromatic rings. The first-order valence-electron chi connectivity index (χ1n) is 7.62. The highest BCUT2D eigenvalue weighted by Crippen LogP contribution is 2.30. The molecular formula is C16H27N3OS. The number of hydrogen-bond acceptors (Lipinski definition) is 5. The molecular weight excluding hydrogens is 282 g/mol. The lowest BCUT2D eigenvalue weighted by atomic mass is 9.95. The number of aromatic nitrogens is 1. The smallest absolute Gasteiger partial charge is 0.239 e. The fourth-order valence-corrected chi connectivity index (χ4v) is 3.30. The second-order valence-electron chi connectivity index (χ2n) is 6.66. The van der Waals surface area contributed by atoms with Crippen LogP contribution in [0.25, 0.3) is 0 Å². The molecule has 1 heterocycles. The highest BCUT2D eigenvalue weighted by Gasteiger charge is 2.21. The van der Waals surface area contributed by atoms with Gasteiger partial charge in [-0.3, -0.25) is 0 Å². The summed E-state index contributed by atoms with van der Waals surface area (Å²) < 4.78 is 5.82. The minimum absolute atomic E-state index is 0.295. The second kappa shape index (κ2) is 6.77. The minimum Gasteiger partial charge on any atom is -0.470 e. The summed E-state index contributed by atoms with van der Waals surface area (Å²) in [4.78, 5) is 4.53. The van der Waals surface area contributed by atoms with E-state index in [4.69, 9.17) is 10.5 Å². The van der Waals surface area contributed by atoms with E-state index < -0.39 is 0 Å². The van der Waals surface area contributed by atoms with E-state index in [1.807, 2.05) is 44.7 Å². The molecule has 1 saturated carbocycles. The van der Waals surface area contributed by atoms with Crippen molar-refractivity contribution in [1.29, 1.82) is 0 Å². The van der Waals surface area contributed by atoms with Crippen molar-refractivity contribution in [2.75, 3.05) is 17.3 Å². The summed E-state index contributed by atoms with van der Waals surface area (Å²) in [5, 5.41) is 4.34. The molecule has 0 aromatic carbocycles. The number of nitrogen functional groups attached to an aromatic ring is 1. The molecule has 5 heteroatoms. The van der Waals surface area contributed by atoms with Crippen LogP contribution in [0, 0.1) is 0 Å². The minimum atomic E-state index is -0.295. The first-order chi connectivity index (χ1) is 9.87. The van der Waals surface area contributed by atoms with Gasteiger partial charge in [0.15, 0.2) is 0 Å². The number of nitrogens with two attached hydrogens (primary N) is 1. The van der Waals surface area contributed by atoms with Crippen molar-refractivity contribution in [2.24, 2.45) is 0 Å². The maximum atomic E-state index is 5.95. The van der Waals surface area contributed by atoms with Crippen molar-refractivity contribution < 1.29 is 4.74 Å². The van der Waals surface area contributed by atoms with E-state index in [9.17, 15) is 0 Å². The number of ether oxygens (including phenoxy) is 1. The zero-order valence-corrected chi connectivity index (χ0v) is 14.3. The highest BCUT2D eigenvalue weighted by molar-refractivity contribution is 7.99. The number of pyridine rings is 1. The predicted octanol–water partition coefficient (Wildman–Crippen LogP) is 3.93. The molecule has 0 spiro atoms. The highest BCUT2D eigenvalue weighted by atomic mass is 32.2. The number of nitrogens with one attached hydrogen (secondary N) is 1. The topological polar surface area (TPSA) is 60.2 Å². The average Bonchev–Trinajstić information content (AvgIpc) is 2.42. The van der Waals surface area contributed by atoms with Gasteiger partial charge in [-0.2, -0.15) is 16.7 Å². The van der Waals surface area contributed by atoms with Gasteiger partial charge in [0, 0.05) is 11.3 Å². The Morgan fingerprint density at radius 2 is 1.90 bits per heavy atom. The summed E-state index contributed by atoms with van der Waals surface area (Å²) in [6, 6.07) is 4.31. The van der Waals surface area contributed by atoms with E-state index >= 15 is 0 Å². The number of rotatable bonds is 4. The van der Waals surface area contributed by atoms with Crippen molar-refractivity contribution >= 4 is 23.3 Å². The molecule has 2 rings (SSSR count). The van der Waals surface area contributed by atoms with Gasteiger partial charge in [0.05, 0.1) is 5.69 Å². The van der Waals surface area contributed by atoms with Gasteiger partial charge >= 0.3 is 0 Å². The SMILES string of the molecule is CSC1CCC(Nc2ccc(N)c(OC(C)(C)C)n2)CC1. The predicted molar refractivity (Wildman–Crippen MR) is 92.2 cm³/mol. The molecule has 0 atom stereocenters. The maximum absolute atomic E-state index is 5.95. The Morgan fingerprint density at radius 3 is 2.48 bits per heavy atom. The molecule has 1 fully saturated rings. The number of nitrogens with zero attached hydrogens (tertiary/aromatic N) is 1. The summed E-state index contributed by atoms with van der Waals surface area (Å²) >= 11 is 1.98. The Morgan fingerprint density at radius 1 is 1.24 bits per heavy atom. The largest absolute Gasteiger partial charge is 0.470 e. The Bertz CT molecular complexity index is 465. The Balaban J connectivity index is 1.99. The van der Waals surface area contributed by atoms with Crippen LogP contribution in [-0.2, 0) is 0 Å². The van der Waals surface area contributed by atoms with Crippen LogP contribution in [0.1, 0.15) is 46.5 Å². The second-order valence-corrected chi connectivity index (χ2v) is 7.80. The van der Waals surface area contributed by atoms with E-state index in [0.717, 1.165) is 11.1 Å². The molecule has 0 bridgehead atoms. The van der Waals surface area contributed by atoms with Crippen molar-refractivity contribution in [1.82, 2.24) is 4.98 Å². The summed E-state index contributed by atoms with van der Waals surface area (Å²) in [5.74, 6) is 1.38. The zero-order valence-electron chi connectivity index (χ0n) is 13.5. The van der Waals surface area contributed by atoms with Crippen LogP contribution >= 0.6 is 11.8 Å². The monoisotopic (exact) mass is 309 g/mol. The average molecular weight is 309 g/mol. The third-order valence-electron chi connectivity index (χ3n) is 3.65. The van der Waals surface area contributed by atoms with Crippen LogP contribution in [0.3, 0.4) is 0 Å². The van der Waals surface area contributed by atoms with E-state index in [1.165, 1.54) is 25.7 Å². The first kappa shape index (κ1) is 16.3. The summed E-state index contributed by atoms with van der Waals surface area (Å²) in [6.07, 6.45) is 7.16. The molecule has 1 aliphatic carbocycles. The van der Waals surface area contributed by atoms with Crippen molar-refractivity contribution in [2.45, 2.75) is 63.3 Å². The first-order valence-corrected chi connectivity index (χ1v) is 8.91. The summed E-state index contributed by atoms with van der Waals surface area (Å²) in [7, 11) is 0. The molecule has 0 aliphatic heterocycles.